The van der Waals surface area contributed by atoms with Crippen molar-refractivity contribution in [3.05, 3.63) is 94.5 Å². The van der Waals surface area contributed by atoms with Gasteiger partial charge in [-0.25, -0.2) is 15.0 Å². The van der Waals surface area contributed by atoms with Crippen LogP contribution in [0.4, 0.5) is 34.1 Å². The van der Waals surface area contributed by atoms with E-state index in [1.54, 1.807) is 45.0 Å². The molecule has 0 unspecified atom stereocenters. The van der Waals surface area contributed by atoms with Gasteiger partial charge in [-0.3, -0.25) is 13.5 Å². The fourth-order valence-corrected chi connectivity index (χ4v) is 7.56. The number of aromatic hydroxyl groups is 1. The second-order valence-electron chi connectivity index (χ2n) is 14.0. The van der Waals surface area contributed by atoms with Crippen molar-refractivity contribution in [3.8, 4) is 23.4 Å². The van der Waals surface area contributed by atoms with Crippen LogP contribution in [0, 0.1) is 32.1 Å². The molecule has 344 valence electrons. The highest BCUT2D eigenvalue weighted by Crippen LogP contribution is 2.42. The molecular weight excluding hydrogens is 927 g/mol. The van der Waals surface area contributed by atoms with Crippen LogP contribution < -0.4 is 9.47 Å². The zero-order valence-electron chi connectivity index (χ0n) is 34.8. The molecule has 6 aromatic rings. The number of fused-ring (bicyclic) bond motifs is 3. The molecule has 0 spiro atoms. The van der Waals surface area contributed by atoms with Crippen molar-refractivity contribution in [2.75, 3.05) is 24.7 Å². The average Bonchev–Trinajstić information content (AvgIpc) is 3.65. The molecule has 2 aromatic heterocycles. The molecule has 0 radical (unpaired) electrons. The third kappa shape index (κ3) is 12.0. The maximum Gasteiger partial charge on any atom is 0.338 e. The van der Waals surface area contributed by atoms with Crippen LogP contribution in [0.1, 0.15) is 45.5 Å². The van der Waals surface area contributed by atoms with Crippen molar-refractivity contribution in [3.63, 3.8) is 0 Å². The first-order chi connectivity index (χ1) is 31.4. The molecule has 4 aromatic carbocycles. The van der Waals surface area contributed by atoms with Crippen molar-refractivity contribution < 1.29 is 65.1 Å². The molecule has 0 aliphatic carbocycles. The van der Waals surface area contributed by atoms with E-state index >= 15 is 0 Å². The van der Waals surface area contributed by atoms with Crippen molar-refractivity contribution >= 4 is 89.1 Å². The van der Waals surface area contributed by atoms with E-state index in [-0.39, 0.29) is 105 Å². The van der Waals surface area contributed by atoms with Gasteiger partial charge < -0.3 is 19.7 Å². The van der Waals surface area contributed by atoms with E-state index in [1.807, 2.05) is 0 Å². The summed E-state index contributed by atoms with van der Waals surface area (Å²) >= 11 is 0.545. The SMILES string of the molecule is Cc1cc(N=Nc2c(C)c(C#N)c3nc4ccccc4n3c2O)c(OCCCS(=O)(=O)O)cc1N=Nc1cc(C)c(N=Nc2ccc(SOOO)cc2C(=O)O)cc1OCCCS(=O)(=O)O. The lowest BCUT2D eigenvalue weighted by Crippen LogP contribution is -2.08. The number of carboxylic acids is 1. The number of carbonyl (C=O) groups is 1. The molecule has 2 heterocycles. The molecular formula is C40H37N9O14S3. The first kappa shape index (κ1) is 48.5. The van der Waals surface area contributed by atoms with Crippen LogP contribution in [0.15, 0.2) is 102 Å². The predicted molar refractivity (Wildman–Crippen MR) is 236 cm³/mol. The molecule has 26 heteroatoms. The van der Waals surface area contributed by atoms with E-state index < -0.39 is 37.7 Å². The van der Waals surface area contributed by atoms with E-state index in [2.05, 4.69) is 51.1 Å². The number of para-hydroxylation sites is 2. The highest BCUT2D eigenvalue weighted by atomic mass is 32.2. The molecule has 0 atom stereocenters. The van der Waals surface area contributed by atoms with Gasteiger partial charge >= 0.3 is 5.97 Å². The number of hydrogen-bond donors (Lipinski definition) is 5. The second kappa shape index (κ2) is 20.9. The topological polar surface area (TPSA) is 339 Å². The summed E-state index contributed by atoms with van der Waals surface area (Å²) in [6.07, 6.45) is -0.235. The summed E-state index contributed by atoms with van der Waals surface area (Å²) in [4.78, 5) is 16.8. The zero-order valence-corrected chi connectivity index (χ0v) is 37.2. The van der Waals surface area contributed by atoms with Gasteiger partial charge in [-0.05, 0) is 87.2 Å². The van der Waals surface area contributed by atoms with Gasteiger partial charge in [-0.2, -0.15) is 32.3 Å². The molecule has 0 saturated carbocycles. The van der Waals surface area contributed by atoms with Gasteiger partial charge in [0.2, 0.25) is 5.88 Å². The zero-order chi connectivity index (χ0) is 47.8. The number of pyridine rings is 1. The Morgan fingerprint density at radius 1 is 0.773 bits per heavy atom. The molecule has 6 rings (SSSR count). The summed E-state index contributed by atoms with van der Waals surface area (Å²) < 4.78 is 81.7. The summed E-state index contributed by atoms with van der Waals surface area (Å²) in [5, 5.41) is 69.1. The quantitative estimate of drug-likeness (QED) is 0.0119. The molecule has 66 heavy (non-hydrogen) atoms. The highest BCUT2D eigenvalue weighted by molar-refractivity contribution is 7.94. The third-order valence-corrected chi connectivity index (χ3v) is 11.5. The maximum atomic E-state index is 12.0. The van der Waals surface area contributed by atoms with E-state index in [0.29, 0.717) is 34.2 Å². The second-order valence-corrected chi connectivity index (χ2v) is 18.0. The molecule has 0 fully saturated rings. The summed E-state index contributed by atoms with van der Waals surface area (Å²) in [5.74, 6) is -2.80. The fraction of sp³-hybridized carbons (Fsp3) is 0.225. The standard InChI is InChI=1S/C40H37N9O14S3/c1-22-16-32(35(60-12-6-14-65(54,55)56)19-30(22)44-43-28-11-10-25(64-63-62-53)18-26(28)40(51)52)46-45-31-20-36(61-13-7-15-66(57,58)59)33(17-23(31)2)47-48-37-24(3)27(21-41)38-42-29-8-4-5-9-34(29)49(38)39(37)50/h4-5,8-11,16-20,50,53H,6-7,12-15H2,1-3H3,(H,51,52)(H,54,55,56)(H,57,58,59). The van der Waals surface area contributed by atoms with Crippen molar-refractivity contribution in [1.29, 1.82) is 5.26 Å². The number of carboxylic acid groups (broad SMARTS) is 1. The number of nitrogens with zero attached hydrogens (tertiary/aromatic N) is 9. The summed E-state index contributed by atoms with van der Waals surface area (Å²) in [6.45, 7) is 4.48. The number of ether oxygens (including phenoxy) is 2. The summed E-state index contributed by atoms with van der Waals surface area (Å²) in [5.41, 5.74) is 2.94. The number of aromatic carboxylic acids is 1. The van der Waals surface area contributed by atoms with Gasteiger partial charge in [-0.15, -0.1) is 24.8 Å². The van der Waals surface area contributed by atoms with Gasteiger partial charge in [0.05, 0.1) is 64.7 Å². The Balaban J connectivity index is 1.38. The Hall–Kier alpha value is -6.96. The maximum absolute atomic E-state index is 12.0. The van der Waals surface area contributed by atoms with Crippen LogP contribution in [0.25, 0.3) is 16.7 Å². The normalized spacial score (nSPS) is 12.3. The van der Waals surface area contributed by atoms with Crippen molar-refractivity contribution in [1.82, 2.24) is 9.38 Å². The third-order valence-electron chi connectivity index (χ3n) is 9.36. The molecule has 0 bridgehead atoms. The van der Waals surface area contributed by atoms with Crippen LogP contribution in [0.2, 0.25) is 0 Å². The number of nitriles is 1. The Morgan fingerprint density at radius 2 is 1.32 bits per heavy atom. The molecule has 0 saturated heterocycles. The smallest absolute Gasteiger partial charge is 0.338 e. The number of imidazole rings is 1. The monoisotopic (exact) mass is 963 g/mol. The van der Waals surface area contributed by atoms with E-state index in [4.69, 9.17) is 14.7 Å². The Bertz CT molecular complexity index is 3210. The van der Waals surface area contributed by atoms with E-state index in [9.17, 15) is 46.2 Å². The fourth-order valence-electron chi connectivity index (χ4n) is 6.19. The predicted octanol–water partition coefficient (Wildman–Crippen LogP) is 9.68. The summed E-state index contributed by atoms with van der Waals surface area (Å²) in [7, 11) is -8.62. The van der Waals surface area contributed by atoms with E-state index in [1.165, 1.54) is 46.9 Å². The lowest BCUT2D eigenvalue weighted by molar-refractivity contribution is -0.432. The number of hydrogen-bond acceptors (Lipinski definition) is 20. The number of rotatable bonds is 20. The van der Waals surface area contributed by atoms with Crippen LogP contribution in [0.5, 0.6) is 17.4 Å². The van der Waals surface area contributed by atoms with Crippen LogP contribution in [-0.2, 0) is 29.6 Å². The van der Waals surface area contributed by atoms with E-state index in [0.717, 1.165) is 0 Å². The Kier molecular flexibility index (Phi) is 15.4. The Labute approximate surface area is 379 Å². The Morgan fingerprint density at radius 3 is 1.86 bits per heavy atom. The minimum atomic E-state index is -4.31. The lowest BCUT2D eigenvalue weighted by Gasteiger charge is -2.12. The van der Waals surface area contributed by atoms with Crippen LogP contribution >= 0.6 is 12.0 Å². The first-order valence-electron chi connectivity index (χ1n) is 19.1. The van der Waals surface area contributed by atoms with Gasteiger partial charge in [0.1, 0.15) is 40.2 Å². The van der Waals surface area contributed by atoms with Gasteiger partial charge in [0, 0.05) is 22.6 Å². The van der Waals surface area contributed by atoms with Crippen molar-refractivity contribution in [2.45, 2.75) is 38.5 Å². The van der Waals surface area contributed by atoms with Gasteiger partial charge in [-0.1, -0.05) is 17.2 Å². The number of azo groups is 3. The van der Waals surface area contributed by atoms with Crippen molar-refractivity contribution in [2.24, 2.45) is 30.7 Å². The average molecular weight is 964 g/mol. The molecule has 23 nitrogen and oxygen atoms in total. The molecule has 0 aliphatic rings. The molecule has 5 N–H and O–H groups in total. The van der Waals surface area contributed by atoms with Gasteiger partial charge in [0.15, 0.2) is 11.3 Å². The minimum absolute atomic E-state index is 0.0377. The highest BCUT2D eigenvalue weighted by Gasteiger charge is 2.22. The lowest BCUT2D eigenvalue weighted by atomic mass is 10.1. The largest absolute Gasteiger partial charge is 0.493 e. The van der Waals surface area contributed by atoms with Gasteiger partial charge in [0.25, 0.3) is 20.2 Å². The minimum Gasteiger partial charge on any atom is -0.493 e. The van der Waals surface area contributed by atoms with Crippen LogP contribution in [0.3, 0.4) is 0 Å². The number of aromatic nitrogens is 2. The first-order valence-corrected chi connectivity index (χ1v) is 23.1. The summed E-state index contributed by atoms with van der Waals surface area (Å²) in [6, 6.07) is 19.0. The molecule has 0 amide bonds. The molecule has 0 aliphatic heterocycles. The number of benzene rings is 4. The number of aryl methyl sites for hydroxylation is 2. The van der Waals surface area contributed by atoms with Crippen LogP contribution in [-0.4, -0.2) is 81.5 Å².